The quantitative estimate of drug-likeness (QED) is 0.632. The van der Waals surface area contributed by atoms with Crippen LogP contribution in [0.25, 0.3) is 0 Å². The molecule has 2 aromatic rings. The molecule has 0 aromatic heterocycles. The minimum Gasteiger partial charge on any atom is -0.0651 e. The molecule has 0 aliphatic heterocycles. The van der Waals surface area contributed by atoms with E-state index in [9.17, 15) is 0 Å². The van der Waals surface area contributed by atoms with E-state index < -0.39 is 0 Å². The predicted molar refractivity (Wildman–Crippen MR) is 90.0 cm³/mol. The van der Waals surface area contributed by atoms with Gasteiger partial charge < -0.3 is 0 Å². The first-order chi connectivity index (χ1) is 9.72. The average Bonchev–Trinajstić information content (AvgIpc) is 2.48. The number of rotatable bonds is 5. The van der Waals surface area contributed by atoms with E-state index in [-0.39, 0.29) is 0 Å². The molecule has 0 saturated heterocycles. The molecule has 0 aliphatic rings. The summed E-state index contributed by atoms with van der Waals surface area (Å²) in [6.07, 6.45) is 4.97. The van der Waals surface area contributed by atoms with Crippen molar-refractivity contribution in [1.82, 2.24) is 0 Å². The van der Waals surface area contributed by atoms with Gasteiger partial charge >= 0.3 is 0 Å². The SMILES string of the molecule is CC(C)CCc1ccccc1.CCCc1ccccc1. The summed E-state index contributed by atoms with van der Waals surface area (Å²) < 4.78 is 0. The first-order valence-corrected chi connectivity index (χ1v) is 7.80. The second-order valence-corrected chi connectivity index (χ2v) is 5.65. The highest BCUT2D eigenvalue weighted by Crippen LogP contribution is 2.07. The average molecular weight is 268 g/mol. The van der Waals surface area contributed by atoms with Gasteiger partial charge in [-0.15, -0.1) is 0 Å². The summed E-state index contributed by atoms with van der Waals surface area (Å²) in [5.74, 6) is 0.815. The van der Waals surface area contributed by atoms with Gasteiger partial charge in [0.2, 0.25) is 0 Å². The van der Waals surface area contributed by atoms with Gasteiger partial charge in [0.25, 0.3) is 0 Å². The van der Waals surface area contributed by atoms with Gasteiger partial charge in [-0.3, -0.25) is 0 Å². The maximum atomic E-state index is 2.27. The fraction of sp³-hybridized carbons (Fsp3) is 0.400. The Hall–Kier alpha value is -1.56. The van der Waals surface area contributed by atoms with E-state index in [4.69, 9.17) is 0 Å². The smallest absolute Gasteiger partial charge is 0.0276 e. The third kappa shape index (κ3) is 7.78. The van der Waals surface area contributed by atoms with Gasteiger partial charge in [0, 0.05) is 0 Å². The van der Waals surface area contributed by atoms with Crippen molar-refractivity contribution in [2.75, 3.05) is 0 Å². The Morgan fingerprint density at radius 1 is 0.700 bits per heavy atom. The van der Waals surface area contributed by atoms with Crippen LogP contribution in [0.4, 0.5) is 0 Å². The van der Waals surface area contributed by atoms with Gasteiger partial charge in [-0.25, -0.2) is 0 Å². The van der Waals surface area contributed by atoms with E-state index in [0.29, 0.717) is 0 Å². The Labute approximate surface area is 124 Å². The zero-order valence-electron chi connectivity index (χ0n) is 13.2. The fourth-order valence-electron chi connectivity index (χ4n) is 2.03. The van der Waals surface area contributed by atoms with Crippen LogP contribution in [0.5, 0.6) is 0 Å². The zero-order chi connectivity index (χ0) is 14.6. The van der Waals surface area contributed by atoms with Gasteiger partial charge in [0.05, 0.1) is 0 Å². The van der Waals surface area contributed by atoms with Crippen LogP contribution in [0.3, 0.4) is 0 Å². The third-order valence-electron chi connectivity index (χ3n) is 3.23. The van der Waals surface area contributed by atoms with Crippen LogP contribution in [-0.4, -0.2) is 0 Å². The number of aryl methyl sites for hydroxylation is 2. The molecule has 0 heterocycles. The summed E-state index contributed by atoms with van der Waals surface area (Å²) in [5, 5.41) is 0. The van der Waals surface area contributed by atoms with Crippen molar-refractivity contribution < 1.29 is 0 Å². The molecular weight excluding hydrogens is 240 g/mol. The van der Waals surface area contributed by atoms with Crippen LogP contribution in [-0.2, 0) is 12.8 Å². The molecule has 0 radical (unpaired) electrons. The van der Waals surface area contributed by atoms with Crippen molar-refractivity contribution in [2.45, 2.75) is 46.5 Å². The highest BCUT2D eigenvalue weighted by atomic mass is 14.0. The predicted octanol–water partition coefficient (Wildman–Crippen LogP) is 5.91. The molecule has 0 unspecified atom stereocenters. The third-order valence-corrected chi connectivity index (χ3v) is 3.23. The number of benzene rings is 2. The topological polar surface area (TPSA) is 0 Å². The first-order valence-electron chi connectivity index (χ1n) is 7.80. The highest BCUT2D eigenvalue weighted by Gasteiger charge is 1.94. The van der Waals surface area contributed by atoms with Gasteiger partial charge in [-0.2, -0.15) is 0 Å². The molecule has 0 fully saturated rings. The lowest BCUT2D eigenvalue weighted by molar-refractivity contribution is 0.587. The summed E-state index contributed by atoms with van der Waals surface area (Å²) >= 11 is 0. The van der Waals surface area contributed by atoms with Crippen LogP contribution in [0.1, 0.15) is 44.7 Å². The minimum atomic E-state index is 0.815. The van der Waals surface area contributed by atoms with Gasteiger partial charge in [0.15, 0.2) is 0 Å². The Balaban J connectivity index is 0.000000204. The van der Waals surface area contributed by atoms with E-state index >= 15 is 0 Å². The lowest BCUT2D eigenvalue weighted by atomic mass is 10.0. The van der Waals surface area contributed by atoms with Crippen LogP contribution < -0.4 is 0 Å². The standard InChI is InChI=1S/C11H16.C9H12/c1-10(2)8-9-11-6-4-3-5-7-11;1-2-6-9-7-4-3-5-8-9/h3-7,10H,8-9H2,1-2H3;3-5,7-8H,2,6H2,1H3. The number of hydrogen-bond donors (Lipinski definition) is 0. The molecule has 0 N–H and O–H groups in total. The molecule has 2 aromatic carbocycles. The second kappa shape index (κ2) is 10.3. The molecule has 0 saturated carbocycles. The van der Waals surface area contributed by atoms with E-state index in [0.717, 1.165) is 5.92 Å². The second-order valence-electron chi connectivity index (χ2n) is 5.65. The van der Waals surface area contributed by atoms with Crippen molar-refractivity contribution in [3.8, 4) is 0 Å². The monoisotopic (exact) mass is 268 g/mol. The Morgan fingerprint density at radius 2 is 1.15 bits per heavy atom. The molecule has 0 nitrogen and oxygen atoms in total. The Kier molecular flexibility index (Phi) is 8.46. The normalized spacial score (nSPS) is 10.0. The van der Waals surface area contributed by atoms with E-state index in [1.165, 1.54) is 36.8 Å². The summed E-state index contributed by atoms with van der Waals surface area (Å²) in [4.78, 5) is 0. The van der Waals surface area contributed by atoms with E-state index in [1.54, 1.807) is 0 Å². The summed E-state index contributed by atoms with van der Waals surface area (Å²) in [6, 6.07) is 21.2. The van der Waals surface area contributed by atoms with Gasteiger partial charge in [0.1, 0.15) is 0 Å². The lowest BCUT2D eigenvalue weighted by Crippen LogP contribution is -1.91. The Bertz CT molecular complexity index is 428. The van der Waals surface area contributed by atoms with Crippen molar-refractivity contribution in [1.29, 1.82) is 0 Å². The summed E-state index contributed by atoms with van der Waals surface area (Å²) in [5.41, 5.74) is 2.90. The molecule has 0 bridgehead atoms. The molecule has 0 spiro atoms. The molecule has 0 heteroatoms. The molecule has 0 aliphatic carbocycles. The van der Waals surface area contributed by atoms with Crippen LogP contribution >= 0.6 is 0 Å². The molecule has 108 valence electrons. The van der Waals surface area contributed by atoms with Crippen molar-refractivity contribution in [3.63, 3.8) is 0 Å². The molecule has 0 amide bonds. The maximum Gasteiger partial charge on any atom is -0.0276 e. The van der Waals surface area contributed by atoms with Gasteiger partial charge in [-0.05, 0) is 36.3 Å². The van der Waals surface area contributed by atoms with Gasteiger partial charge in [-0.1, -0.05) is 87.9 Å². The van der Waals surface area contributed by atoms with Crippen molar-refractivity contribution >= 4 is 0 Å². The minimum absolute atomic E-state index is 0.815. The molecule has 2 rings (SSSR count). The molecule has 0 atom stereocenters. The van der Waals surface area contributed by atoms with Crippen LogP contribution in [0, 0.1) is 5.92 Å². The number of hydrogen-bond acceptors (Lipinski definition) is 0. The van der Waals surface area contributed by atoms with Crippen molar-refractivity contribution in [2.24, 2.45) is 5.92 Å². The molecule has 20 heavy (non-hydrogen) atoms. The highest BCUT2D eigenvalue weighted by molar-refractivity contribution is 5.15. The molecular formula is C20H28. The first kappa shape index (κ1) is 16.5. The maximum absolute atomic E-state index is 2.27. The summed E-state index contributed by atoms with van der Waals surface area (Å²) in [6.45, 7) is 6.74. The fourth-order valence-corrected chi connectivity index (χ4v) is 2.03. The van der Waals surface area contributed by atoms with E-state index in [2.05, 4.69) is 81.4 Å². The van der Waals surface area contributed by atoms with Crippen LogP contribution in [0.15, 0.2) is 60.7 Å². The summed E-state index contributed by atoms with van der Waals surface area (Å²) in [7, 11) is 0. The van der Waals surface area contributed by atoms with Crippen molar-refractivity contribution in [3.05, 3.63) is 71.8 Å². The zero-order valence-corrected chi connectivity index (χ0v) is 13.2. The van der Waals surface area contributed by atoms with Crippen LogP contribution in [0.2, 0.25) is 0 Å². The largest absolute Gasteiger partial charge is 0.0651 e. The Morgan fingerprint density at radius 3 is 1.55 bits per heavy atom. The lowest BCUT2D eigenvalue weighted by Gasteiger charge is -2.03. The van der Waals surface area contributed by atoms with E-state index in [1.807, 2.05) is 0 Å².